The standard InChI is InChI=1S/C19H21F3N6O/c1-11(2)14-8-16(19(20,21)22)28-17(23-14)9-15(25-28)12-4-7-27(10-12)18(29)13-5-6-26(3)24-13/h5-6,8-9,11-12H,4,7,10H2,1-3H3/t12-/m0/s1. The SMILES string of the molecule is CC(C)c1cc(C(F)(F)F)n2nc([C@H]3CCN(C(=O)c4ccn(C)n4)C3)cc2n1. The molecule has 3 aromatic rings. The summed E-state index contributed by atoms with van der Waals surface area (Å²) < 4.78 is 43.1. The van der Waals surface area contributed by atoms with E-state index in [1.165, 1.54) is 0 Å². The summed E-state index contributed by atoms with van der Waals surface area (Å²) in [7, 11) is 1.73. The molecule has 0 N–H and O–H groups in total. The van der Waals surface area contributed by atoms with E-state index in [2.05, 4.69) is 15.2 Å². The van der Waals surface area contributed by atoms with Crippen molar-refractivity contribution in [3.05, 3.63) is 47.2 Å². The summed E-state index contributed by atoms with van der Waals surface area (Å²) in [5.74, 6) is -0.474. The topological polar surface area (TPSA) is 68.3 Å². The average molecular weight is 406 g/mol. The van der Waals surface area contributed by atoms with Crippen LogP contribution in [0.15, 0.2) is 24.4 Å². The van der Waals surface area contributed by atoms with Gasteiger partial charge < -0.3 is 4.90 Å². The lowest BCUT2D eigenvalue weighted by atomic mass is 10.1. The number of carbonyl (C=O) groups excluding carboxylic acids is 1. The molecule has 0 aromatic carbocycles. The fraction of sp³-hybridized carbons (Fsp3) is 0.474. The number of aromatic nitrogens is 5. The third-order valence-corrected chi connectivity index (χ3v) is 5.17. The van der Waals surface area contributed by atoms with Crippen molar-refractivity contribution in [3.8, 4) is 0 Å². The molecule has 4 rings (SSSR count). The Hall–Kier alpha value is -2.91. The van der Waals surface area contributed by atoms with Gasteiger partial charge >= 0.3 is 6.18 Å². The average Bonchev–Trinajstić information content (AvgIpc) is 3.37. The maximum atomic E-state index is 13.6. The van der Waals surface area contributed by atoms with E-state index in [1.54, 1.807) is 48.8 Å². The van der Waals surface area contributed by atoms with Crippen molar-refractivity contribution in [1.82, 2.24) is 29.3 Å². The van der Waals surface area contributed by atoms with E-state index in [0.29, 0.717) is 36.6 Å². The van der Waals surface area contributed by atoms with Crippen LogP contribution >= 0.6 is 0 Å². The second kappa shape index (κ2) is 6.85. The Morgan fingerprint density at radius 2 is 2.00 bits per heavy atom. The van der Waals surface area contributed by atoms with Crippen molar-refractivity contribution in [2.45, 2.75) is 38.3 Å². The van der Waals surface area contributed by atoms with E-state index in [4.69, 9.17) is 0 Å². The zero-order chi connectivity index (χ0) is 20.9. The van der Waals surface area contributed by atoms with Crippen LogP contribution in [0.25, 0.3) is 5.65 Å². The Kier molecular flexibility index (Phi) is 4.59. The van der Waals surface area contributed by atoms with E-state index >= 15 is 0 Å². The molecule has 1 aliphatic heterocycles. The maximum absolute atomic E-state index is 13.6. The van der Waals surface area contributed by atoms with Crippen LogP contribution in [-0.4, -0.2) is 48.3 Å². The normalized spacial score (nSPS) is 17.6. The van der Waals surface area contributed by atoms with Gasteiger partial charge in [0.25, 0.3) is 5.91 Å². The van der Waals surface area contributed by atoms with Gasteiger partial charge in [0.15, 0.2) is 5.65 Å². The third-order valence-electron chi connectivity index (χ3n) is 5.17. The number of fused-ring (bicyclic) bond motifs is 1. The van der Waals surface area contributed by atoms with Crippen molar-refractivity contribution in [2.24, 2.45) is 7.05 Å². The number of halogens is 3. The van der Waals surface area contributed by atoms with Crippen LogP contribution in [0.5, 0.6) is 0 Å². The second-order valence-corrected chi connectivity index (χ2v) is 7.67. The van der Waals surface area contributed by atoms with Gasteiger partial charge in [-0.2, -0.15) is 23.4 Å². The van der Waals surface area contributed by atoms with Crippen LogP contribution in [0.4, 0.5) is 13.2 Å². The highest BCUT2D eigenvalue weighted by Gasteiger charge is 2.36. The molecule has 0 aliphatic carbocycles. The Bertz CT molecular complexity index is 1070. The van der Waals surface area contributed by atoms with Crippen LogP contribution < -0.4 is 0 Å². The van der Waals surface area contributed by atoms with Crippen LogP contribution in [-0.2, 0) is 13.2 Å². The first-order valence-corrected chi connectivity index (χ1v) is 9.40. The van der Waals surface area contributed by atoms with Gasteiger partial charge in [-0.1, -0.05) is 13.8 Å². The summed E-state index contributed by atoms with van der Waals surface area (Å²) in [6.07, 6.45) is -2.22. The zero-order valence-electron chi connectivity index (χ0n) is 16.3. The number of nitrogens with zero attached hydrogens (tertiary/aromatic N) is 6. The van der Waals surface area contributed by atoms with Crippen molar-refractivity contribution in [1.29, 1.82) is 0 Å². The van der Waals surface area contributed by atoms with E-state index in [0.717, 1.165) is 10.6 Å². The minimum atomic E-state index is -4.54. The van der Waals surface area contributed by atoms with Gasteiger partial charge in [-0.05, 0) is 24.5 Å². The molecule has 1 atom stereocenters. The van der Waals surface area contributed by atoms with Crippen LogP contribution in [0.2, 0.25) is 0 Å². The van der Waals surface area contributed by atoms with E-state index < -0.39 is 11.9 Å². The molecular formula is C19H21F3N6O. The number of amides is 1. The lowest BCUT2D eigenvalue weighted by Crippen LogP contribution is -2.29. The lowest BCUT2D eigenvalue weighted by molar-refractivity contribution is -0.142. The highest BCUT2D eigenvalue weighted by Crippen LogP contribution is 2.33. The predicted molar refractivity (Wildman–Crippen MR) is 98.5 cm³/mol. The fourth-order valence-corrected chi connectivity index (χ4v) is 3.59. The van der Waals surface area contributed by atoms with E-state index in [9.17, 15) is 18.0 Å². The second-order valence-electron chi connectivity index (χ2n) is 7.67. The van der Waals surface area contributed by atoms with Gasteiger partial charge in [-0.15, -0.1) is 0 Å². The number of alkyl halides is 3. The van der Waals surface area contributed by atoms with Gasteiger partial charge in [-0.25, -0.2) is 9.50 Å². The largest absolute Gasteiger partial charge is 0.433 e. The Labute approximate surface area is 165 Å². The first-order valence-electron chi connectivity index (χ1n) is 9.40. The Balaban J connectivity index is 1.64. The molecule has 0 radical (unpaired) electrons. The monoisotopic (exact) mass is 406 g/mol. The highest BCUT2D eigenvalue weighted by molar-refractivity contribution is 5.92. The quantitative estimate of drug-likeness (QED) is 0.670. The summed E-state index contributed by atoms with van der Waals surface area (Å²) in [5, 5.41) is 8.33. The first-order chi connectivity index (χ1) is 13.6. The number of hydrogen-bond acceptors (Lipinski definition) is 4. The zero-order valence-corrected chi connectivity index (χ0v) is 16.3. The number of hydrogen-bond donors (Lipinski definition) is 0. The molecule has 10 heteroatoms. The molecule has 0 saturated carbocycles. The highest BCUT2D eigenvalue weighted by atomic mass is 19.4. The van der Waals surface area contributed by atoms with Gasteiger partial charge in [0.05, 0.1) is 5.69 Å². The molecule has 154 valence electrons. The van der Waals surface area contributed by atoms with Crippen molar-refractivity contribution >= 4 is 11.6 Å². The summed E-state index contributed by atoms with van der Waals surface area (Å²) in [5.41, 5.74) is 0.575. The molecule has 1 aliphatic rings. The van der Waals surface area contributed by atoms with Crippen molar-refractivity contribution in [3.63, 3.8) is 0 Å². The van der Waals surface area contributed by atoms with E-state index in [-0.39, 0.29) is 23.4 Å². The van der Waals surface area contributed by atoms with Gasteiger partial charge in [0.1, 0.15) is 11.4 Å². The molecule has 29 heavy (non-hydrogen) atoms. The summed E-state index contributed by atoms with van der Waals surface area (Å²) in [6, 6.07) is 4.30. The number of aryl methyl sites for hydroxylation is 1. The minimum absolute atomic E-state index is 0.141. The molecule has 1 amide bonds. The smallest absolute Gasteiger partial charge is 0.337 e. The van der Waals surface area contributed by atoms with Crippen molar-refractivity contribution in [2.75, 3.05) is 13.1 Å². The molecular weight excluding hydrogens is 385 g/mol. The summed E-state index contributed by atoms with van der Waals surface area (Å²) in [6.45, 7) is 4.49. The fourth-order valence-electron chi connectivity index (χ4n) is 3.59. The van der Waals surface area contributed by atoms with Crippen LogP contribution in [0.1, 0.15) is 59.7 Å². The number of likely N-dealkylation sites (tertiary alicyclic amines) is 1. The van der Waals surface area contributed by atoms with Crippen molar-refractivity contribution < 1.29 is 18.0 Å². The molecule has 1 fully saturated rings. The Morgan fingerprint density at radius 3 is 2.62 bits per heavy atom. The van der Waals surface area contributed by atoms with Gasteiger partial charge in [0, 0.05) is 44.0 Å². The minimum Gasteiger partial charge on any atom is -0.337 e. The first kappa shape index (κ1) is 19.4. The summed E-state index contributed by atoms with van der Waals surface area (Å²) in [4.78, 5) is 18.6. The predicted octanol–water partition coefficient (Wildman–Crippen LogP) is 3.23. The molecule has 0 bridgehead atoms. The molecule has 1 saturated heterocycles. The third kappa shape index (κ3) is 3.58. The molecule has 7 nitrogen and oxygen atoms in total. The molecule has 4 heterocycles. The molecule has 3 aromatic heterocycles. The maximum Gasteiger partial charge on any atom is 0.433 e. The van der Waals surface area contributed by atoms with Gasteiger partial charge in [0.2, 0.25) is 0 Å². The van der Waals surface area contributed by atoms with Gasteiger partial charge in [-0.3, -0.25) is 9.48 Å². The number of carbonyl (C=O) groups is 1. The lowest BCUT2D eigenvalue weighted by Gasteiger charge is -2.14. The number of rotatable bonds is 3. The van der Waals surface area contributed by atoms with Crippen LogP contribution in [0.3, 0.4) is 0 Å². The molecule has 0 spiro atoms. The summed E-state index contributed by atoms with van der Waals surface area (Å²) >= 11 is 0. The Morgan fingerprint density at radius 1 is 1.24 bits per heavy atom. The van der Waals surface area contributed by atoms with E-state index in [1.807, 2.05) is 0 Å². The van der Waals surface area contributed by atoms with Crippen LogP contribution in [0, 0.1) is 0 Å². The molecule has 0 unspecified atom stereocenters.